The van der Waals surface area contributed by atoms with Crippen LogP contribution in [0.1, 0.15) is 24.9 Å². The number of hydrogen-bond acceptors (Lipinski definition) is 3. The van der Waals surface area contributed by atoms with Crippen LogP contribution in [0.5, 0.6) is 0 Å². The molecule has 0 atom stereocenters. The van der Waals surface area contributed by atoms with Gasteiger partial charge in [-0.1, -0.05) is 48.1 Å². The molecule has 0 spiro atoms. The van der Waals surface area contributed by atoms with Crippen LogP contribution in [0.2, 0.25) is 15.1 Å². The standard InChI is InChI=1S/C15H13Cl3N4O/c1-3-4-11-12-14(19-7(2)20-15(12)23)22(21-11)13-9(17)5-8(16)6-10(13)18/h5-6H,3-4H2,1-2H3,(H,19,20,23). The topological polar surface area (TPSA) is 63.6 Å². The third kappa shape index (κ3) is 2.84. The monoisotopic (exact) mass is 370 g/mol. The van der Waals surface area contributed by atoms with Crippen LogP contribution in [0.4, 0.5) is 0 Å². The average molecular weight is 372 g/mol. The molecule has 0 aliphatic rings. The lowest BCUT2D eigenvalue weighted by atomic mass is 10.2. The zero-order valence-electron chi connectivity index (χ0n) is 12.5. The van der Waals surface area contributed by atoms with Gasteiger partial charge in [-0.15, -0.1) is 0 Å². The molecule has 23 heavy (non-hydrogen) atoms. The molecular formula is C15H13Cl3N4O. The lowest BCUT2D eigenvalue weighted by molar-refractivity contribution is 0.815. The van der Waals surface area contributed by atoms with Gasteiger partial charge in [0.15, 0.2) is 5.65 Å². The second-order valence-electron chi connectivity index (χ2n) is 5.18. The Morgan fingerprint density at radius 3 is 2.48 bits per heavy atom. The summed E-state index contributed by atoms with van der Waals surface area (Å²) in [6.07, 6.45) is 1.50. The van der Waals surface area contributed by atoms with Gasteiger partial charge >= 0.3 is 0 Å². The Hall–Kier alpha value is -1.56. The summed E-state index contributed by atoms with van der Waals surface area (Å²) < 4.78 is 1.52. The summed E-state index contributed by atoms with van der Waals surface area (Å²) in [5.74, 6) is 0.493. The Morgan fingerprint density at radius 2 is 1.87 bits per heavy atom. The molecule has 0 saturated heterocycles. The molecular weight excluding hydrogens is 359 g/mol. The SMILES string of the molecule is CCCc1nn(-c2c(Cl)cc(Cl)cc2Cl)c2nc(C)[nH]c(=O)c12. The number of fused-ring (bicyclic) bond motifs is 1. The lowest BCUT2D eigenvalue weighted by Crippen LogP contribution is -2.11. The molecule has 120 valence electrons. The van der Waals surface area contributed by atoms with E-state index in [1.54, 1.807) is 19.1 Å². The van der Waals surface area contributed by atoms with Gasteiger partial charge in [0.05, 0.1) is 15.7 Å². The molecule has 2 heterocycles. The first-order valence-corrected chi connectivity index (χ1v) is 8.19. The van der Waals surface area contributed by atoms with Gasteiger partial charge in [-0.25, -0.2) is 9.67 Å². The van der Waals surface area contributed by atoms with Crippen molar-refractivity contribution in [3.05, 3.63) is 49.1 Å². The Morgan fingerprint density at radius 1 is 1.22 bits per heavy atom. The van der Waals surface area contributed by atoms with E-state index in [1.165, 1.54) is 4.68 Å². The van der Waals surface area contributed by atoms with Gasteiger partial charge in [-0.2, -0.15) is 5.10 Å². The number of nitrogens with one attached hydrogen (secondary N) is 1. The van der Waals surface area contributed by atoms with E-state index in [0.29, 0.717) is 49.7 Å². The van der Waals surface area contributed by atoms with Crippen LogP contribution < -0.4 is 5.56 Å². The van der Waals surface area contributed by atoms with E-state index in [2.05, 4.69) is 15.1 Å². The molecule has 0 unspecified atom stereocenters. The summed E-state index contributed by atoms with van der Waals surface area (Å²) in [7, 11) is 0. The molecule has 1 N–H and O–H groups in total. The summed E-state index contributed by atoms with van der Waals surface area (Å²) in [6, 6.07) is 3.16. The molecule has 8 heteroatoms. The molecule has 5 nitrogen and oxygen atoms in total. The number of nitrogens with zero attached hydrogens (tertiary/aromatic N) is 3. The van der Waals surface area contributed by atoms with E-state index < -0.39 is 0 Å². The van der Waals surface area contributed by atoms with Crippen molar-refractivity contribution >= 4 is 45.8 Å². The first kappa shape index (κ1) is 16.3. The van der Waals surface area contributed by atoms with E-state index in [1.807, 2.05) is 6.92 Å². The first-order chi connectivity index (χ1) is 10.9. The maximum absolute atomic E-state index is 12.3. The van der Waals surface area contributed by atoms with E-state index in [9.17, 15) is 4.79 Å². The number of aryl methyl sites for hydroxylation is 2. The number of H-pyrrole nitrogens is 1. The second-order valence-corrected chi connectivity index (χ2v) is 6.43. The zero-order chi connectivity index (χ0) is 16.7. The highest BCUT2D eigenvalue weighted by molar-refractivity contribution is 6.40. The van der Waals surface area contributed by atoms with Gasteiger partial charge in [0.1, 0.15) is 16.9 Å². The summed E-state index contributed by atoms with van der Waals surface area (Å²) in [6.45, 7) is 3.73. The zero-order valence-corrected chi connectivity index (χ0v) is 14.7. The van der Waals surface area contributed by atoms with E-state index >= 15 is 0 Å². The molecule has 1 aromatic carbocycles. The molecule has 3 rings (SSSR count). The van der Waals surface area contributed by atoms with Gasteiger partial charge < -0.3 is 4.98 Å². The molecule has 0 aliphatic heterocycles. The molecule has 3 aromatic rings. The molecule has 0 radical (unpaired) electrons. The summed E-state index contributed by atoms with van der Waals surface area (Å²) in [4.78, 5) is 19.5. The van der Waals surface area contributed by atoms with E-state index in [0.717, 1.165) is 6.42 Å². The fraction of sp³-hybridized carbons (Fsp3) is 0.267. The average Bonchev–Trinajstić information content (AvgIpc) is 2.77. The molecule has 0 saturated carbocycles. The van der Waals surface area contributed by atoms with Crippen molar-refractivity contribution in [3.63, 3.8) is 0 Å². The fourth-order valence-electron chi connectivity index (χ4n) is 2.51. The highest BCUT2D eigenvalue weighted by atomic mass is 35.5. The van der Waals surface area contributed by atoms with Gasteiger partial charge in [0.25, 0.3) is 5.56 Å². The predicted octanol–water partition coefficient (Wildman–Crippen LogP) is 4.33. The maximum atomic E-state index is 12.3. The minimum atomic E-state index is -0.219. The van der Waals surface area contributed by atoms with Crippen LogP contribution in [-0.4, -0.2) is 19.7 Å². The highest BCUT2D eigenvalue weighted by Gasteiger charge is 2.20. The van der Waals surface area contributed by atoms with Crippen molar-refractivity contribution in [2.45, 2.75) is 26.7 Å². The van der Waals surface area contributed by atoms with Crippen molar-refractivity contribution in [1.29, 1.82) is 0 Å². The molecule has 0 fully saturated rings. The van der Waals surface area contributed by atoms with Crippen molar-refractivity contribution in [2.24, 2.45) is 0 Å². The number of rotatable bonds is 3. The molecule has 0 amide bonds. The van der Waals surface area contributed by atoms with Crippen LogP contribution in [0.3, 0.4) is 0 Å². The van der Waals surface area contributed by atoms with Crippen molar-refractivity contribution in [1.82, 2.24) is 19.7 Å². The number of halogens is 3. The van der Waals surface area contributed by atoms with Crippen LogP contribution in [-0.2, 0) is 6.42 Å². The summed E-state index contributed by atoms with van der Waals surface area (Å²) in [5.41, 5.74) is 1.34. The molecule has 0 bridgehead atoms. The molecule has 0 aliphatic carbocycles. The predicted molar refractivity (Wildman–Crippen MR) is 93.2 cm³/mol. The third-order valence-electron chi connectivity index (χ3n) is 3.41. The van der Waals surface area contributed by atoms with Crippen LogP contribution in [0.25, 0.3) is 16.7 Å². The Labute approximate surface area is 147 Å². The van der Waals surface area contributed by atoms with Gasteiger partial charge in [-0.3, -0.25) is 4.79 Å². The quantitative estimate of drug-likeness (QED) is 0.745. The number of aromatic nitrogens is 4. The largest absolute Gasteiger partial charge is 0.310 e. The van der Waals surface area contributed by atoms with Gasteiger partial charge in [0, 0.05) is 5.02 Å². The Kier molecular flexibility index (Phi) is 4.36. The lowest BCUT2D eigenvalue weighted by Gasteiger charge is -2.08. The van der Waals surface area contributed by atoms with Gasteiger partial charge in [-0.05, 0) is 25.5 Å². The maximum Gasteiger partial charge on any atom is 0.262 e. The third-order valence-corrected chi connectivity index (χ3v) is 4.20. The van der Waals surface area contributed by atoms with E-state index in [4.69, 9.17) is 34.8 Å². The Bertz CT molecular complexity index is 938. The minimum Gasteiger partial charge on any atom is -0.310 e. The van der Waals surface area contributed by atoms with Crippen LogP contribution in [0, 0.1) is 6.92 Å². The first-order valence-electron chi connectivity index (χ1n) is 7.05. The van der Waals surface area contributed by atoms with Crippen molar-refractivity contribution < 1.29 is 0 Å². The fourth-order valence-corrected chi connectivity index (χ4v) is 3.48. The van der Waals surface area contributed by atoms with Crippen LogP contribution >= 0.6 is 34.8 Å². The minimum absolute atomic E-state index is 0.219. The molecule has 2 aromatic heterocycles. The van der Waals surface area contributed by atoms with Crippen LogP contribution in [0.15, 0.2) is 16.9 Å². The van der Waals surface area contributed by atoms with Crippen molar-refractivity contribution in [2.75, 3.05) is 0 Å². The number of aromatic amines is 1. The van der Waals surface area contributed by atoms with E-state index in [-0.39, 0.29) is 5.56 Å². The summed E-state index contributed by atoms with van der Waals surface area (Å²) >= 11 is 18.5. The smallest absolute Gasteiger partial charge is 0.262 e. The Balaban J connectivity index is 2.41. The normalized spacial score (nSPS) is 11.3. The second kappa shape index (κ2) is 6.15. The summed E-state index contributed by atoms with van der Waals surface area (Å²) in [5, 5.41) is 6.09. The highest BCUT2D eigenvalue weighted by Crippen LogP contribution is 2.33. The number of hydrogen-bond donors (Lipinski definition) is 1. The number of benzene rings is 1. The van der Waals surface area contributed by atoms with Crippen molar-refractivity contribution in [3.8, 4) is 5.69 Å². The van der Waals surface area contributed by atoms with Gasteiger partial charge in [0.2, 0.25) is 0 Å².